The van der Waals surface area contributed by atoms with Crippen molar-refractivity contribution < 1.29 is 5.11 Å². The minimum Gasteiger partial charge on any atom is -0.395 e. The lowest BCUT2D eigenvalue weighted by Crippen LogP contribution is -2.47. The molecule has 0 radical (unpaired) electrons. The maximum Gasteiger partial charge on any atom is 0.0558 e. The number of rotatable bonds is 6. The summed E-state index contributed by atoms with van der Waals surface area (Å²) in [6.45, 7) is 8.96. The second-order valence-corrected chi connectivity index (χ2v) is 3.67. The van der Waals surface area contributed by atoms with E-state index in [4.69, 9.17) is 10.8 Å². The zero-order valence-electron chi connectivity index (χ0n) is 8.51. The molecular formula is C9H22N2O. The molecule has 0 saturated carbocycles. The van der Waals surface area contributed by atoms with Crippen molar-refractivity contribution in [1.82, 2.24) is 4.90 Å². The van der Waals surface area contributed by atoms with E-state index < -0.39 is 0 Å². The van der Waals surface area contributed by atoms with Crippen LogP contribution in [0.2, 0.25) is 0 Å². The maximum atomic E-state index is 8.84. The van der Waals surface area contributed by atoms with Gasteiger partial charge in [0.1, 0.15) is 0 Å². The maximum absolute atomic E-state index is 8.84. The van der Waals surface area contributed by atoms with Gasteiger partial charge in [-0.3, -0.25) is 4.90 Å². The number of nitrogens with two attached hydrogens (primary N) is 1. The van der Waals surface area contributed by atoms with Crippen LogP contribution in [0, 0.1) is 0 Å². The predicted molar refractivity (Wildman–Crippen MR) is 52.1 cm³/mol. The summed E-state index contributed by atoms with van der Waals surface area (Å²) < 4.78 is 0. The molecule has 0 amide bonds. The molecule has 0 saturated heterocycles. The summed E-state index contributed by atoms with van der Waals surface area (Å²) in [7, 11) is 0. The van der Waals surface area contributed by atoms with Crippen molar-refractivity contribution in [2.24, 2.45) is 5.73 Å². The van der Waals surface area contributed by atoms with E-state index in [1.807, 2.05) is 0 Å². The van der Waals surface area contributed by atoms with E-state index in [1.165, 1.54) is 0 Å². The minimum absolute atomic E-state index is 0.155. The average molecular weight is 174 g/mol. The normalized spacial score (nSPS) is 12.5. The van der Waals surface area contributed by atoms with E-state index >= 15 is 0 Å². The first kappa shape index (κ1) is 11.9. The molecule has 3 heteroatoms. The molecule has 12 heavy (non-hydrogen) atoms. The van der Waals surface area contributed by atoms with E-state index in [9.17, 15) is 0 Å². The van der Waals surface area contributed by atoms with Crippen LogP contribution in [-0.2, 0) is 0 Å². The molecule has 0 spiro atoms. The van der Waals surface area contributed by atoms with Gasteiger partial charge in [-0.05, 0) is 20.3 Å². The summed E-state index contributed by atoms with van der Waals surface area (Å²) in [5.41, 5.74) is 5.64. The summed E-state index contributed by atoms with van der Waals surface area (Å²) in [4.78, 5) is 2.23. The molecule has 0 aliphatic rings. The summed E-state index contributed by atoms with van der Waals surface area (Å²) in [6.07, 6.45) is 1.08. The lowest BCUT2D eigenvalue weighted by Gasteiger charge is -2.37. The number of nitrogens with zero attached hydrogens (tertiary/aromatic N) is 1. The second kappa shape index (κ2) is 5.51. The fourth-order valence-corrected chi connectivity index (χ4v) is 1.22. The Kier molecular flexibility index (Phi) is 5.46. The molecule has 0 aliphatic carbocycles. The smallest absolute Gasteiger partial charge is 0.0558 e. The highest BCUT2D eigenvalue weighted by Gasteiger charge is 2.22. The molecular weight excluding hydrogens is 152 g/mol. The van der Waals surface area contributed by atoms with Gasteiger partial charge in [-0.1, -0.05) is 6.92 Å². The van der Waals surface area contributed by atoms with Gasteiger partial charge in [0.25, 0.3) is 0 Å². The van der Waals surface area contributed by atoms with E-state index in [2.05, 4.69) is 25.7 Å². The first-order chi connectivity index (χ1) is 5.58. The number of β-amino-alcohol motifs (C(OH)–C–C–N with tert-alkyl or cyclic N) is 1. The third kappa shape index (κ3) is 3.52. The third-order valence-corrected chi connectivity index (χ3v) is 2.49. The van der Waals surface area contributed by atoms with E-state index in [0.717, 1.165) is 19.5 Å². The zero-order chi connectivity index (χ0) is 9.61. The van der Waals surface area contributed by atoms with Crippen LogP contribution in [0.25, 0.3) is 0 Å². The lowest BCUT2D eigenvalue weighted by molar-refractivity contribution is 0.0931. The highest BCUT2D eigenvalue weighted by molar-refractivity contribution is 4.79. The molecule has 0 aromatic heterocycles. The van der Waals surface area contributed by atoms with Gasteiger partial charge >= 0.3 is 0 Å². The molecule has 0 unspecified atom stereocenters. The molecule has 3 N–H and O–H groups in total. The lowest BCUT2D eigenvalue weighted by atomic mass is 9.99. The van der Waals surface area contributed by atoms with Crippen LogP contribution in [0.15, 0.2) is 0 Å². The van der Waals surface area contributed by atoms with Crippen molar-refractivity contribution >= 4 is 0 Å². The summed E-state index contributed by atoms with van der Waals surface area (Å²) in [5, 5.41) is 8.84. The fourth-order valence-electron chi connectivity index (χ4n) is 1.22. The summed E-state index contributed by atoms with van der Waals surface area (Å²) in [5.74, 6) is 0. The van der Waals surface area contributed by atoms with Crippen LogP contribution in [0.1, 0.15) is 27.2 Å². The largest absolute Gasteiger partial charge is 0.395 e. The minimum atomic E-state index is 0.155. The van der Waals surface area contributed by atoms with Crippen LogP contribution in [0.3, 0.4) is 0 Å². The van der Waals surface area contributed by atoms with Crippen LogP contribution < -0.4 is 5.73 Å². The van der Waals surface area contributed by atoms with Gasteiger partial charge in [-0.25, -0.2) is 0 Å². The van der Waals surface area contributed by atoms with Gasteiger partial charge in [-0.15, -0.1) is 0 Å². The van der Waals surface area contributed by atoms with Gasteiger partial charge < -0.3 is 10.8 Å². The Morgan fingerprint density at radius 1 is 1.33 bits per heavy atom. The van der Waals surface area contributed by atoms with Gasteiger partial charge in [-0.2, -0.15) is 0 Å². The highest BCUT2D eigenvalue weighted by Crippen LogP contribution is 2.16. The summed E-state index contributed by atoms with van der Waals surface area (Å²) >= 11 is 0. The Balaban J connectivity index is 4.07. The Bertz CT molecular complexity index is 109. The van der Waals surface area contributed by atoms with Crippen LogP contribution in [0.4, 0.5) is 0 Å². The highest BCUT2D eigenvalue weighted by atomic mass is 16.3. The topological polar surface area (TPSA) is 49.5 Å². The number of aliphatic hydroxyl groups is 1. The van der Waals surface area contributed by atoms with Gasteiger partial charge in [0.2, 0.25) is 0 Å². The van der Waals surface area contributed by atoms with Crippen LogP contribution in [0.5, 0.6) is 0 Å². The molecule has 0 atom stereocenters. The predicted octanol–water partition coefficient (Wildman–Crippen LogP) is 0.428. The van der Waals surface area contributed by atoms with Gasteiger partial charge in [0.15, 0.2) is 0 Å². The second-order valence-electron chi connectivity index (χ2n) is 3.67. The molecule has 0 aromatic rings. The molecule has 74 valence electrons. The molecule has 0 fully saturated rings. The van der Waals surface area contributed by atoms with Crippen molar-refractivity contribution in [2.75, 3.05) is 26.2 Å². The average Bonchev–Trinajstić information content (AvgIpc) is 2.04. The molecule has 0 rings (SSSR count). The summed E-state index contributed by atoms with van der Waals surface area (Å²) in [6, 6.07) is 0. The number of aliphatic hydroxyl groups excluding tert-OH is 1. The van der Waals surface area contributed by atoms with Crippen molar-refractivity contribution in [3.05, 3.63) is 0 Å². The van der Waals surface area contributed by atoms with Crippen LogP contribution >= 0.6 is 0 Å². The first-order valence-corrected chi connectivity index (χ1v) is 4.64. The van der Waals surface area contributed by atoms with E-state index in [-0.39, 0.29) is 12.1 Å². The van der Waals surface area contributed by atoms with Crippen molar-refractivity contribution in [1.29, 1.82) is 0 Å². The molecule has 0 aliphatic heterocycles. The standard InChI is InChI=1S/C9H22N2O/c1-4-9(2,3)11(6-5-10)7-8-12/h12H,4-8,10H2,1-3H3. The fraction of sp³-hybridized carbons (Fsp3) is 1.00. The molecule has 0 heterocycles. The Morgan fingerprint density at radius 2 is 1.92 bits per heavy atom. The molecule has 0 bridgehead atoms. The number of hydrogen-bond acceptors (Lipinski definition) is 3. The van der Waals surface area contributed by atoms with Crippen LogP contribution in [-0.4, -0.2) is 41.8 Å². The Morgan fingerprint density at radius 3 is 2.25 bits per heavy atom. The van der Waals surface area contributed by atoms with Crippen molar-refractivity contribution in [2.45, 2.75) is 32.7 Å². The quantitative estimate of drug-likeness (QED) is 0.614. The number of hydrogen-bond donors (Lipinski definition) is 2. The Hall–Kier alpha value is -0.120. The zero-order valence-corrected chi connectivity index (χ0v) is 8.51. The van der Waals surface area contributed by atoms with Gasteiger partial charge in [0, 0.05) is 25.2 Å². The third-order valence-electron chi connectivity index (χ3n) is 2.49. The SMILES string of the molecule is CCC(C)(C)N(CCN)CCO. The molecule has 0 aromatic carbocycles. The van der Waals surface area contributed by atoms with E-state index in [1.54, 1.807) is 0 Å². The molecule has 3 nitrogen and oxygen atoms in total. The van der Waals surface area contributed by atoms with E-state index in [0.29, 0.717) is 6.54 Å². The first-order valence-electron chi connectivity index (χ1n) is 4.64. The van der Waals surface area contributed by atoms with Crippen molar-refractivity contribution in [3.8, 4) is 0 Å². The van der Waals surface area contributed by atoms with Gasteiger partial charge in [0.05, 0.1) is 6.61 Å². The van der Waals surface area contributed by atoms with Crippen molar-refractivity contribution in [3.63, 3.8) is 0 Å². The monoisotopic (exact) mass is 174 g/mol. The Labute approximate surface area is 75.6 Å².